The third-order valence-corrected chi connectivity index (χ3v) is 4.29. The highest BCUT2D eigenvalue weighted by atomic mass is 32.1. The zero-order valence-corrected chi connectivity index (χ0v) is 12.2. The third-order valence-electron chi connectivity index (χ3n) is 3.37. The van der Waals surface area contributed by atoms with Crippen LogP contribution in [0.4, 0.5) is 0 Å². The molecule has 20 heavy (non-hydrogen) atoms. The molecule has 1 aliphatic rings. The predicted octanol–water partition coefficient (Wildman–Crippen LogP) is 1.43. The standard InChI is InChI=1S/C14H19NO4S/c1-10-9-19-12(8-16)6-15(10)7-13-11(4-5-20-13)2-3-14(17)18/h2-5,10,12,16H,6-9H2,1H3,(H,17,18)/b3-2+. The van der Waals surface area contributed by atoms with Crippen LogP contribution in [0.1, 0.15) is 17.4 Å². The fourth-order valence-corrected chi connectivity index (χ4v) is 3.07. The minimum absolute atomic E-state index is 0.0272. The van der Waals surface area contributed by atoms with Crippen LogP contribution >= 0.6 is 11.3 Å². The maximum absolute atomic E-state index is 10.6. The SMILES string of the molecule is CC1COC(CO)CN1Cc1sccc1/C=C/C(=O)O. The second kappa shape index (κ2) is 6.99. The zero-order valence-electron chi connectivity index (χ0n) is 11.4. The van der Waals surface area contributed by atoms with E-state index >= 15 is 0 Å². The van der Waals surface area contributed by atoms with Crippen LogP contribution in [-0.2, 0) is 16.1 Å². The van der Waals surface area contributed by atoms with Crippen molar-refractivity contribution in [2.75, 3.05) is 19.8 Å². The first-order valence-electron chi connectivity index (χ1n) is 6.54. The van der Waals surface area contributed by atoms with Crippen molar-refractivity contribution in [3.8, 4) is 0 Å². The lowest BCUT2D eigenvalue weighted by Gasteiger charge is -2.37. The summed E-state index contributed by atoms with van der Waals surface area (Å²) in [5.41, 5.74) is 0.941. The molecule has 0 bridgehead atoms. The Kier molecular flexibility index (Phi) is 5.31. The lowest BCUT2D eigenvalue weighted by Crippen LogP contribution is -2.48. The molecule has 6 heteroatoms. The van der Waals surface area contributed by atoms with E-state index in [0.717, 1.165) is 23.1 Å². The summed E-state index contributed by atoms with van der Waals surface area (Å²) in [6.45, 7) is 4.17. The molecule has 110 valence electrons. The molecule has 2 atom stereocenters. The largest absolute Gasteiger partial charge is 0.478 e. The molecule has 1 aliphatic heterocycles. The lowest BCUT2D eigenvalue weighted by atomic mass is 10.1. The quantitative estimate of drug-likeness (QED) is 0.805. The smallest absolute Gasteiger partial charge is 0.328 e. The molecule has 0 amide bonds. The van der Waals surface area contributed by atoms with Crippen LogP contribution in [0.15, 0.2) is 17.5 Å². The molecular weight excluding hydrogens is 278 g/mol. The van der Waals surface area contributed by atoms with Crippen molar-refractivity contribution in [3.05, 3.63) is 28.0 Å². The summed E-state index contributed by atoms with van der Waals surface area (Å²) in [5, 5.41) is 19.9. The average molecular weight is 297 g/mol. The first kappa shape index (κ1) is 15.2. The van der Waals surface area contributed by atoms with Crippen molar-refractivity contribution >= 4 is 23.4 Å². The first-order valence-corrected chi connectivity index (χ1v) is 7.42. The van der Waals surface area contributed by atoms with Gasteiger partial charge in [-0.1, -0.05) is 0 Å². The molecule has 1 fully saturated rings. The number of nitrogens with zero attached hydrogens (tertiary/aromatic N) is 1. The molecule has 0 aromatic carbocycles. The summed E-state index contributed by atoms with van der Waals surface area (Å²) in [6, 6.07) is 2.21. The molecule has 0 aliphatic carbocycles. The maximum atomic E-state index is 10.6. The van der Waals surface area contributed by atoms with E-state index in [1.165, 1.54) is 0 Å². The zero-order chi connectivity index (χ0) is 14.5. The topological polar surface area (TPSA) is 70.0 Å². The van der Waals surface area contributed by atoms with Crippen molar-refractivity contribution in [1.82, 2.24) is 4.90 Å². The van der Waals surface area contributed by atoms with E-state index in [2.05, 4.69) is 11.8 Å². The van der Waals surface area contributed by atoms with Crippen LogP contribution in [0, 0.1) is 0 Å². The Hall–Kier alpha value is -1.21. The Morgan fingerprint density at radius 1 is 1.65 bits per heavy atom. The second-order valence-corrected chi connectivity index (χ2v) is 5.89. The minimum Gasteiger partial charge on any atom is -0.478 e. The molecule has 1 aromatic heterocycles. The number of aliphatic carboxylic acids is 1. The summed E-state index contributed by atoms with van der Waals surface area (Å²) in [4.78, 5) is 14.0. The van der Waals surface area contributed by atoms with Gasteiger partial charge in [0.25, 0.3) is 0 Å². The maximum Gasteiger partial charge on any atom is 0.328 e. The number of aliphatic hydroxyl groups is 1. The summed E-state index contributed by atoms with van der Waals surface area (Å²) >= 11 is 1.62. The van der Waals surface area contributed by atoms with Crippen LogP contribution < -0.4 is 0 Å². The molecular formula is C14H19NO4S. The lowest BCUT2D eigenvalue weighted by molar-refractivity contribution is -0.131. The first-order chi connectivity index (χ1) is 9.60. The van der Waals surface area contributed by atoms with Gasteiger partial charge in [0.15, 0.2) is 0 Å². The number of morpholine rings is 1. The van der Waals surface area contributed by atoms with Gasteiger partial charge in [-0.25, -0.2) is 4.79 Å². The molecule has 2 N–H and O–H groups in total. The molecule has 2 rings (SSSR count). The van der Waals surface area contributed by atoms with Gasteiger partial charge in [-0.05, 0) is 30.0 Å². The van der Waals surface area contributed by atoms with E-state index in [1.54, 1.807) is 17.4 Å². The number of hydrogen-bond acceptors (Lipinski definition) is 5. The number of carboxylic acids is 1. The molecule has 0 spiro atoms. The highest BCUT2D eigenvalue weighted by molar-refractivity contribution is 7.10. The van der Waals surface area contributed by atoms with Gasteiger partial charge >= 0.3 is 5.97 Å². The summed E-state index contributed by atoms with van der Waals surface area (Å²) in [6.07, 6.45) is 2.65. The molecule has 0 radical (unpaired) electrons. The van der Waals surface area contributed by atoms with Crippen LogP contribution in [0.5, 0.6) is 0 Å². The molecule has 2 heterocycles. The van der Waals surface area contributed by atoms with Gasteiger partial charge in [-0.15, -0.1) is 11.3 Å². The molecule has 2 unspecified atom stereocenters. The highest BCUT2D eigenvalue weighted by Gasteiger charge is 2.26. The fraction of sp³-hybridized carbons (Fsp3) is 0.500. The van der Waals surface area contributed by atoms with Gasteiger partial charge in [0.05, 0.1) is 19.3 Å². The number of carboxylic acid groups (broad SMARTS) is 1. The van der Waals surface area contributed by atoms with Crippen LogP contribution in [0.2, 0.25) is 0 Å². The van der Waals surface area contributed by atoms with Crippen molar-refractivity contribution in [2.45, 2.75) is 25.6 Å². The number of rotatable bonds is 5. The van der Waals surface area contributed by atoms with E-state index in [1.807, 2.05) is 11.4 Å². The number of thiophene rings is 1. The van der Waals surface area contributed by atoms with E-state index in [-0.39, 0.29) is 18.8 Å². The second-order valence-electron chi connectivity index (χ2n) is 4.89. The number of ether oxygens (including phenoxy) is 1. The molecule has 1 saturated heterocycles. The Labute approximate surface area is 122 Å². The Morgan fingerprint density at radius 3 is 3.15 bits per heavy atom. The Morgan fingerprint density at radius 2 is 2.45 bits per heavy atom. The normalized spacial score (nSPS) is 24.3. The van der Waals surface area contributed by atoms with E-state index < -0.39 is 5.97 Å². The summed E-state index contributed by atoms with van der Waals surface area (Å²) in [5.74, 6) is -0.942. The van der Waals surface area contributed by atoms with E-state index in [0.29, 0.717) is 13.2 Å². The predicted molar refractivity (Wildman–Crippen MR) is 77.7 cm³/mol. The van der Waals surface area contributed by atoms with Gasteiger partial charge < -0.3 is 14.9 Å². The monoisotopic (exact) mass is 297 g/mol. The van der Waals surface area contributed by atoms with Crippen LogP contribution in [0.25, 0.3) is 6.08 Å². The van der Waals surface area contributed by atoms with Gasteiger partial charge in [0.2, 0.25) is 0 Å². The van der Waals surface area contributed by atoms with Gasteiger partial charge in [-0.3, -0.25) is 4.90 Å². The molecule has 1 aromatic rings. The van der Waals surface area contributed by atoms with Gasteiger partial charge in [0.1, 0.15) is 0 Å². The third kappa shape index (κ3) is 3.89. The number of aliphatic hydroxyl groups excluding tert-OH is 1. The minimum atomic E-state index is -0.942. The van der Waals surface area contributed by atoms with Crippen molar-refractivity contribution in [1.29, 1.82) is 0 Å². The van der Waals surface area contributed by atoms with Crippen molar-refractivity contribution in [3.63, 3.8) is 0 Å². The van der Waals surface area contributed by atoms with Crippen molar-refractivity contribution in [2.24, 2.45) is 0 Å². The average Bonchev–Trinajstić information content (AvgIpc) is 2.86. The fourth-order valence-electron chi connectivity index (χ4n) is 2.18. The summed E-state index contributed by atoms with van der Waals surface area (Å²) in [7, 11) is 0. The van der Waals surface area contributed by atoms with Crippen LogP contribution in [-0.4, -0.2) is 53.0 Å². The Balaban J connectivity index is 2.05. The highest BCUT2D eigenvalue weighted by Crippen LogP contribution is 2.23. The number of carbonyl (C=O) groups is 1. The van der Waals surface area contributed by atoms with Crippen molar-refractivity contribution < 1.29 is 19.7 Å². The molecule has 0 saturated carbocycles. The Bertz CT molecular complexity index is 485. The summed E-state index contributed by atoms with van der Waals surface area (Å²) < 4.78 is 5.52. The van der Waals surface area contributed by atoms with Crippen LogP contribution in [0.3, 0.4) is 0 Å². The number of hydrogen-bond donors (Lipinski definition) is 2. The van der Waals surface area contributed by atoms with Gasteiger partial charge in [-0.2, -0.15) is 0 Å². The van der Waals surface area contributed by atoms with Gasteiger partial charge in [0, 0.05) is 30.1 Å². The molecule has 5 nitrogen and oxygen atoms in total. The van der Waals surface area contributed by atoms with E-state index in [9.17, 15) is 9.90 Å². The van der Waals surface area contributed by atoms with E-state index in [4.69, 9.17) is 9.84 Å².